The summed E-state index contributed by atoms with van der Waals surface area (Å²) in [6.07, 6.45) is -6.06. The number of phenols is 1. The molecule has 0 radical (unpaired) electrons. The Morgan fingerprint density at radius 2 is 1.82 bits per heavy atom. The van der Waals surface area contributed by atoms with E-state index in [0.29, 0.717) is 6.07 Å². The van der Waals surface area contributed by atoms with Crippen LogP contribution in [0.2, 0.25) is 10.0 Å². The maximum atomic E-state index is 13.2. The van der Waals surface area contributed by atoms with Gasteiger partial charge in [-0.1, -0.05) is 23.2 Å². The molecule has 170 valence electrons. The van der Waals surface area contributed by atoms with E-state index in [-0.39, 0.29) is 44.5 Å². The van der Waals surface area contributed by atoms with Crippen LogP contribution in [0.4, 0.5) is 18.0 Å². The number of aromatic nitrogens is 1. The summed E-state index contributed by atoms with van der Waals surface area (Å²) in [6, 6.07) is 7.85. The number of H-pyrrole nitrogens is 1. The summed E-state index contributed by atoms with van der Waals surface area (Å²) in [6.45, 7) is -0.318. The second-order valence-electron chi connectivity index (χ2n) is 6.72. The number of rotatable bonds is 4. The number of hydrogen-bond donors (Lipinski definition) is 4. The lowest BCUT2D eigenvalue weighted by atomic mass is 9.96. The van der Waals surface area contributed by atoms with Gasteiger partial charge in [-0.3, -0.25) is 4.79 Å². The van der Waals surface area contributed by atoms with Gasteiger partial charge in [0, 0.05) is 38.8 Å². The number of phenolic OH excluding ortho intramolecular Hbond substituents is 1. The summed E-state index contributed by atoms with van der Waals surface area (Å²) in [7, 11) is 0. The summed E-state index contributed by atoms with van der Waals surface area (Å²) in [5.41, 5.74) is -2.95. The molecule has 1 heterocycles. The van der Waals surface area contributed by atoms with E-state index < -0.39 is 34.7 Å². The van der Waals surface area contributed by atoms with Crippen LogP contribution < -0.4 is 10.9 Å². The number of benzene rings is 2. The molecule has 0 spiro atoms. The number of alkyl halides is 3. The van der Waals surface area contributed by atoms with Crippen molar-refractivity contribution < 1.29 is 28.2 Å². The van der Waals surface area contributed by atoms with Gasteiger partial charge in [-0.2, -0.15) is 18.4 Å². The van der Waals surface area contributed by atoms with Crippen molar-refractivity contribution in [2.24, 2.45) is 0 Å². The van der Waals surface area contributed by atoms with Crippen LogP contribution in [0.3, 0.4) is 0 Å². The SMILES string of the molecule is N#Cc1c(-c2cc(C(F)(F)F)ccc2Cl)cc(-c2cc(Cl)cc(CNC(=O)O)c2O)[nH]c1=O. The van der Waals surface area contributed by atoms with Crippen LogP contribution in [0, 0.1) is 11.3 Å². The molecule has 2 aromatic carbocycles. The Kier molecular flexibility index (Phi) is 6.58. The van der Waals surface area contributed by atoms with Crippen LogP contribution in [0.15, 0.2) is 41.2 Å². The van der Waals surface area contributed by atoms with Gasteiger partial charge in [0.15, 0.2) is 0 Å². The molecule has 0 fully saturated rings. The number of nitrogens with zero attached hydrogens (tertiary/aromatic N) is 1. The molecule has 1 aromatic heterocycles. The van der Waals surface area contributed by atoms with Crippen molar-refractivity contribution in [3.8, 4) is 34.2 Å². The number of nitriles is 1. The van der Waals surface area contributed by atoms with Gasteiger partial charge in [0.1, 0.15) is 17.4 Å². The van der Waals surface area contributed by atoms with Crippen LogP contribution in [0.1, 0.15) is 16.7 Å². The minimum absolute atomic E-state index is 0.0457. The van der Waals surface area contributed by atoms with Gasteiger partial charge in [0.05, 0.1) is 11.3 Å². The lowest BCUT2D eigenvalue weighted by Gasteiger charge is -2.15. The molecule has 0 unspecified atom stereocenters. The van der Waals surface area contributed by atoms with Crippen LogP contribution in [0.25, 0.3) is 22.4 Å². The monoisotopic (exact) mass is 497 g/mol. The molecule has 0 aliphatic carbocycles. The fourth-order valence-electron chi connectivity index (χ4n) is 3.10. The Morgan fingerprint density at radius 1 is 1.12 bits per heavy atom. The molecule has 4 N–H and O–H groups in total. The van der Waals surface area contributed by atoms with Crippen molar-refractivity contribution >= 4 is 29.3 Å². The number of aromatic hydroxyl groups is 1. The average Bonchev–Trinajstić information content (AvgIpc) is 2.73. The van der Waals surface area contributed by atoms with Crippen molar-refractivity contribution in [3.05, 3.63) is 73.5 Å². The van der Waals surface area contributed by atoms with Crippen molar-refractivity contribution in [2.75, 3.05) is 0 Å². The summed E-state index contributed by atoms with van der Waals surface area (Å²) >= 11 is 12.2. The van der Waals surface area contributed by atoms with Gasteiger partial charge >= 0.3 is 12.3 Å². The zero-order chi connectivity index (χ0) is 24.5. The Morgan fingerprint density at radius 3 is 2.42 bits per heavy atom. The molecule has 12 heteroatoms. The fourth-order valence-corrected chi connectivity index (χ4v) is 3.56. The first-order valence-electron chi connectivity index (χ1n) is 8.95. The average molecular weight is 498 g/mol. The quantitative estimate of drug-likeness (QED) is 0.384. The topological polar surface area (TPSA) is 126 Å². The number of carbonyl (C=O) groups is 1. The summed E-state index contributed by atoms with van der Waals surface area (Å²) < 4.78 is 39.7. The molecule has 0 saturated heterocycles. The highest BCUT2D eigenvalue weighted by atomic mass is 35.5. The molecule has 0 aliphatic rings. The second-order valence-corrected chi connectivity index (χ2v) is 7.57. The second kappa shape index (κ2) is 9.05. The minimum Gasteiger partial charge on any atom is -0.507 e. The van der Waals surface area contributed by atoms with E-state index in [4.69, 9.17) is 28.3 Å². The molecule has 0 aliphatic heterocycles. The predicted octanol–water partition coefficient (Wildman–Crippen LogP) is 5.38. The molecule has 3 rings (SSSR count). The smallest absolute Gasteiger partial charge is 0.416 e. The van der Waals surface area contributed by atoms with Crippen molar-refractivity contribution in [1.29, 1.82) is 5.26 Å². The Balaban J connectivity index is 2.27. The van der Waals surface area contributed by atoms with Gasteiger partial charge in [0.25, 0.3) is 5.56 Å². The van der Waals surface area contributed by atoms with E-state index in [0.717, 1.165) is 12.1 Å². The van der Waals surface area contributed by atoms with Gasteiger partial charge in [-0.25, -0.2) is 4.79 Å². The molecule has 0 bridgehead atoms. The zero-order valence-corrected chi connectivity index (χ0v) is 17.7. The predicted molar refractivity (Wildman–Crippen MR) is 114 cm³/mol. The molecule has 1 amide bonds. The summed E-state index contributed by atoms with van der Waals surface area (Å²) in [5, 5.41) is 30.8. The molecule has 33 heavy (non-hydrogen) atoms. The maximum absolute atomic E-state index is 13.2. The summed E-state index contributed by atoms with van der Waals surface area (Å²) in [5.74, 6) is -0.436. The number of amides is 1. The first-order chi connectivity index (χ1) is 15.4. The highest BCUT2D eigenvalue weighted by Crippen LogP contribution is 2.39. The van der Waals surface area contributed by atoms with Crippen molar-refractivity contribution in [1.82, 2.24) is 10.3 Å². The van der Waals surface area contributed by atoms with Crippen LogP contribution in [0.5, 0.6) is 5.75 Å². The van der Waals surface area contributed by atoms with E-state index >= 15 is 0 Å². The van der Waals surface area contributed by atoms with Gasteiger partial charge in [-0.05, 0) is 36.4 Å². The van der Waals surface area contributed by atoms with Crippen LogP contribution in [-0.2, 0) is 12.7 Å². The van der Waals surface area contributed by atoms with E-state index in [1.807, 2.05) is 0 Å². The Bertz CT molecular complexity index is 1360. The third kappa shape index (κ3) is 5.05. The Labute approximate surface area is 193 Å². The van der Waals surface area contributed by atoms with Gasteiger partial charge in [-0.15, -0.1) is 0 Å². The van der Waals surface area contributed by atoms with Gasteiger partial charge in [0.2, 0.25) is 0 Å². The van der Waals surface area contributed by atoms with E-state index in [1.165, 1.54) is 18.2 Å². The number of nitrogens with one attached hydrogen (secondary N) is 2. The van der Waals surface area contributed by atoms with Crippen molar-refractivity contribution in [3.63, 3.8) is 0 Å². The molecule has 3 aromatic rings. The Hall–Kier alpha value is -3.68. The van der Waals surface area contributed by atoms with Crippen LogP contribution in [-0.4, -0.2) is 21.3 Å². The number of hydrogen-bond acceptors (Lipinski definition) is 4. The highest BCUT2D eigenvalue weighted by molar-refractivity contribution is 6.33. The van der Waals surface area contributed by atoms with E-state index in [9.17, 15) is 33.1 Å². The van der Waals surface area contributed by atoms with Gasteiger partial charge < -0.3 is 20.5 Å². The van der Waals surface area contributed by atoms with E-state index in [1.54, 1.807) is 6.07 Å². The molecule has 7 nitrogen and oxygen atoms in total. The van der Waals surface area contributed by atoms with Crippen molar-refractivity contribution in [2.45, 2.75) is 12.7 Å². The molecular formula is C21H12Cl2F3N3O4. The third-order valence-corrected chi connectivity index (χ3v) is 5.15. The zero-order valence-electron chi connectivity index (χ0n) is 16.2. The minimum atomic E-state index is -4.70. The number of carboxylic acid groups (broad SMARTS) is 1. The summed E-state index contributed by atoms with van der Waals surface area (Å²) in [4.78, 5) is 25.7. The normalized spacial score (nSPS) is 11.2. The third-order valence-electron chi connectivity index (χ3n) is 4.60. The number of halogens is 5. The highest BCUT2D eigenvalue weighted by Gasteiger charge is 2.31. The molecule has 0 atom stereocenters. The molecule has 0 saturated carbocycles. The molecular weight excluding hydrogens is 486 g/mol. The number of aromatic amines is 1. The van der Waals surface area contributed by atoms with Crippen LogP contribution >= 0.6 is 23.2 Å². The first kappa shape index (κ1) is 24.0. The lowest BCUT2D eigenvalue weighted by molar-refractivity contribution is -0.137. The standard InChI is InChI=1S/C21H12Cl2F3N3O4/c22-11-3-9(8-28-20(32)33)18(30)14(5-11)17-6-12(15(7-27)19(31)29-17)13-4-10(21(24,25)26)1-2-16(13)23/h1-6,28,30H,8H2,(H,29,31)(H,32,33). The largest absolute Gasteiger partial charge is 0.507 e. The van der Waals surface area contributed by atoms with E-state index in [2.05, 4.69) is 10.3 Å². The fraction of sp³-hybridized carbons (Fsp3) is 0.0952. The maximum Gasteiger partial charge on any atom is 0.416 e. The lowest BCUT2D eigenvalue weighted by Crippen LogP contribution is -2.20. The first-order valence-corrected chi connectivity index (χ1v) is 9.71. The number of pyridine rings is 1.